The van der Waals surface area contributed by atoms with Gasteiger partial charge in [0.1, 0.15) is 17.6 Å². The van der Waals surface area contributed by atoms with E-state index >= 15 is 0 Å². The van der Waals surface area contributed by atoms with Gasteiger partial charge in [-0.25, -0.2) is 4.79 Å². The highest BCUT2D eigenvalue weighted by Gasteiger charge is 2.22. The molecule has 1 unspecified atom stereocenters. The topological polar surface area (TPSA) is 80.0 Å². The number of carboxylic acid groups (broad SMARTS) is 1. The lowest BCUT2D eigenvalue weighted by Crippen LogP contribution is -2.21. The smallest absolute Gasteiger partial charge is 0.342 e. The van der Waals surface area contributed by atoms with Crippen LogP contribution in [0.1, 0.15) is 16.8 Å². The van der Waals surface area contributed by atoms with Crippen molar-refractivity contribution in [1.82, 2.24) is 0 Å². The summed E-state index contributed by atoms with van der Waals surface area (Å²) in [6.07, 6.45) is 2.25. The molecular formula is C17H17NO5. The van der Waals surface area contributed by atoms with Crippen molar-refractivity contribution in [2.75, 3.05) is 25.1 Å². The molecule has 1 fully saturated rings. The number of anilines is 1. The Hall–Kier alpha value is -2.60. The molecule has 2 aromatic rings. The van der Waals surface area contributed by atoms with Crippen molar-refractivity contribution >= 4 is 11.7 Å². The fourth-order valence-corrected chi connectivity index (χ4v) is 2.71. The van der Waals surface area contributed by atoms with E-state index in [0.717, 1.165) is 37.0 Å². The van der Waals surface area contributed by atoms with Crippen LogP contribution in [0.5, 0.6) is 0 Å². The van der Waals surface area contributed by atoms with Crippen molar-refractivity contribution in [1.29, 1.82) is 0 Å². The Bertz CT molecular complexity index is 765. The van der Waals surface area contributed by atoms with E-state index in [1.54, 1.807) is 7.11 Å². The first-order chi connectivity index (χ1) is 11.1. The third kappa shape index (κ3) is 3.12. The minimum atomic E-state index is -1.29. The first-order valence-electron chi connectivity index (χ1n) is 7.33. The number of benzene rings is 1. The van der Waals surface area contributed by atoms with Gasteiger partial charge < -0.3 is 19.2 Å². The van der Waals surface area contributed by atoms with Crippen molar-refractivity contribution < 1.29 is 19.1 Å². The highest BCUT2D eigenvalue weighted by Crippen LogP contribution is 2.25. The standard InChI is InChI=1S/C17H17NO5/c1-22-13-6-7-18(9-13)12-4-2-11(3-5-12)16-8-15(19)14(10-23-16)17(20)21/h2-5,8,10,13H,6-7,9H2,1H3,(H,20,21). The Kier molecular flexibility index (Phi) is 4.16. The molecule has 1 aromatic heterocycles. The molecule has 1 saturated heterocycles. The zero-order chi connectivity index (χ0) is 16.4. The molecule has 0 amide bonds. The third-order valence-electron chi connectivity index (χ3n) is 4.06. The highest BCUT2D eigenvalue weighted by molar-refractivity contribution is 5.87. The minimum Gasteiger partial charge on any atom is -0.477 e. The minimum absolute atomic E-state index is 0.260. The van der Waals surface area contributed by atoms with Crippen molar-refractivity contribution in [3.63, 3.8) is 0 Å². The number of nitrogens with zero attached hydrogens (tertiary/aromatic N) is 1. The quantitative estimate of drug-likeness (QED) is 0.932. The maximum absolute atomic E-state index is 11.7. The summed E-state index contributed by atoms with van der Waals surface area (Å²) < 4.78 is 10.6. The van der Waals surface area contributed by atoms with Crippen LogP contribution >= 0.6 is 0 Å². The number of hydrogen-bond acceptors (Lipinski definition) is 5. The van der Waals surface area contributed by atoms with E-state index in [-0.39, 0.29) is 11.7 Å². The molecule has 0 spiro atoms. The Morgan fingerprint density at radius 1 is 1.35 bits per heavy atom. The molecule has 1 aliphatic rings. The maximum Gasteiger partial charge on any atom is 0.342 e. The number of ether oxygens (including phenoxy) is 1. The van der Waals surface area contributed by atoms with Crippen molar-refractivity contribution in [3.05, 3.63) is 52.4 Å². The fraction of sp³-hybridized carbons (Fsp3) is 0.294. The van der Waals surface area contributed by atoms with E-state index in [1.807, 2.05) is 24.3 Å². The Morgan fingerprint density at radius 3 is 2.65 bits per heavy atom. The van der Waals surface area contributed by atoms with Crippen LogP contribution in [0.25, 0.3) is 11.3 Å². The van der Waals surface area contributed by atoms with E-state index in [0.29, 0.717) is 5.76 Å². The molecule has 1 aliphatic heterocycles. The van der Waals surface area contributed by atoms with Crippen LogP contribution < -0.4 is 10.3 Å². The predicted octanol–water partition coefficient (Wildman–Crippen LogP) is 2.23. The molecule has 0 bridgehead atoms. The van der Waals surface area contributed by atoms with Gasteiger partial charge in [-0.3, -0.25) is 4.79 Å². The van der Waals surface area contributed by atoms with Gasteiger partial charge in [0, 0.05) is 37.5 Å². The van der Waals surface area contributed by atoms with Crippen LogP contribution in [-0.2, 0) is 4.74 Å². The molecule has 1 atom stereocenters. The van der Waals surface area contributed by atoms with Crippen LogP contribution in [-0.4, -0.2) is 37.4 Å². The normalized spacial score (nSPS) is 17.4. The molecule has 120 valence electrons. The van der Waals surface area contributed by atoms with Gasteiger partial charge in [-0.15, -0.1) is 0 Å². The summed E-state index contributed by atoms with van der Waals surface area (Å²) in [5.41, 5.74) is 0.876. The second-order valence-corrected chi connectivity index (χ2v) is 5.47. The lowest BCUT2D eigenvalue weighted by Gasteiger charge is -2.18. The molecule has 23 heavy (non-hydrogen) atoms. The Morgan fingerprint density at radius 2 is 2.09 bits per heavy atom. The van der Waals surface area contributed by atoms with Gasteiger partial charge >= 0.3 is 5.97 Å². The average molecular weight is 315 g/mol. The van der Waals surface area contributed by atoms with Gasteiger partial charge in [-0.2, -0.15) is 0 Å². The summed E-state index contributed by atoms with van der Waals surface area (Å²) in [5.74, 6) is -0.940. The number of carboxylic acids is 1. The first-order valence-corrected chi connectivity index (χ1v) is 7.33. The number of hydrogen-bond donors (Lipinski definition) is 1. The second kappa shape index (κ2) is 6.26. The average Bonchev–Trinajstić information content (AvgIpc) is 3.03. The molecule has 0 saturated carbocycles. The summed E-state index contributed by atoms with van der Waals surface area (Å²) in [6.45, 7) is 1.80. The molecule has 0 aliphatic carbocycles. The van der Waals surface area contributed by atoms with Crippen molar-refractivity contribution in [2.45, 2.75) is 12.5 Å². The number of methoxy groups -OCH3 is 1. The van der Waals surface area contributed by atoms with E-state index < -0.39 is 11.4 Å². The van der Waals surface area contributed by atoms with Gasteiger partial charge in [-0.1, -0.05) is 0 Å². The molecule has 0 radical (unpaired) electrons. The van der Waals surface area contributed by atoms with Crippen LogP contribution in [0.4, 0.5) is 5.69 Å². The van der Waals surface area contributed by atoms with E-state index in [2.05, 4.69) is 4.90 Å². The molecule has 1 N–H and O–H groups in total. The van der Waals surface area contributed by atoms with Gasteiger partial charge in [0.25, 0.3) is 0 Å². The molecule has 2 heterocycles. The summed E-state index contributed by atoms with van der Waals surface area (Å²) >= 11 is 0. The van der Waals surface area contributed by atoms with Crippen LogP contribution in [0, 0.1) is 0 Å². The zero-order valence-electron chi connectivity index (χ0n) is 12.7. The number of carbonyl (C=O) groups is 1. The van der Waals surface area contributed by atoms with Gasteiger partial charge in [0.2, 0.25) is 0 Å². The lowest BCUT2D eigenvalue weighted by molar-refractivity contribution is 0.0693. The summed E-state index contributed by atoms with van der Waals surface area (Å²) in [5, 5.41) is 8.85. The Labute approximate surface area is 132 Å². The number of rotatable bonds is 4. The molecule has 6 heteroatoms. The SMILES string of the molecule is COC1CCN(c2ccc(-c3cc(=O)c(C(=O)O)co3)cc2)C1. The summed E-state index contributed by atoms with van der Waals surface area (Å²) in [4.78, 5) is 24.8. The molecule has 1 aromatic carbocycles. The molecule has 3 rings (SSSR count). The van der Waals surface area contributed by atoms with E-state index in [1.165, 1.54) is 6.07 Å². The number of aromatic carboxylic acids is 1. The third-order valence-corrected chi connectivity index (χ3v) is 4.06. The van der Waals surface area contributed by atoms with Gasteiger partial charge in [-0.05, 0) is 30.7 Å². The van der Waals surface area contributed by atoms with E-state index in [4.69, 9.17) is 14.3 Å². The zero-order valence-corrected chi connectivity index (χ0v) is 12.7. The Balaban J connectivity index is 1.81. The molecular weight excluding hydrogens is 298 g/mol. The van der Waals surface area contributed by atoms with Crippen molar-refractivity contribution in [2.24, 2.45) is 0 Å². The lowest BCUT2D eigenvalue weighted by atomic mass is 10.1. The molecule has 6 nitrogen and oxygen atoms in total. The van der Waals surface area contributed by atoms with Crippen molar-refractivity contribution in [3.8, 4) is 11.3 Å². The van der Waals surface area contributed by atoms with Gasteiger partial charge in [0.05, 0.1) is 6.10 Å². The second-order valence-electron chi connectivity index (χ2n) is 5.47. The van der Waals surface area contributed by atoms with Crippen LogP contribution in [0.2, 0.25) is 0 Å². The monoisotopic (exact) mass is 315 g/mol. The summed E-state index contributed by atoms with van der Waals surface area (Å²) in [6, 6.07) is 8.83. The highest BCUT2D eigenvalue weighted by atomic mass is 16.5. The predicted molar refractivity (Wildman–Crippen MR) is 85.0 cm³/mol. The summed E-state index contributed by atoms with van der Waals surface area (Å²) in [7, 11) is 1.72. The largest absolute Gasteiger partial charge is 0.477 e. The van der Waals surface area contributed by atoms with Crippen LogP contribution in [0.15, 0.2) is 45.8 Å². The van der Waals surface area contributed by atoms with Crippen LogP contribution in [0.3, 0.4) is 0 Å². The van der Waals surface area contributed by atoms with E-state index in [9.17, 15) is 9.59 Å². The first kappa shape index (κ1) is 15.3. The maximum atomic E-state index is 11.7. The fourth-order valence-electron chi connectivity index (χ4n) is 2.71. The van der Waals surface area contributed by atoms with Gasteiger partial charge in [0.15, 0.2) is 5.43 Å².